The van der Waals surface area contributed by atoms with Crippen molar-refractivity contribution in [3.8, 4) is 5.88 Å². The summed E-state index contributed by atoms with van der Waals surface area (Å²) in [6, 6.07) is 0.562. The lowest BCUT2D eigenvalue weighted by atomic mass is 9.92. The van der Waals surface area contributed by atoms with Gasteiger partial charge in [-0.1, -0.05) is 0 Å². The fourth-order valence-corrected chi connectivity index (χ4v) is 1.85. The van der Waals surface area contributed by atoms with E-state index in [1.807, 2.05) is 14.0 Å². The average Bonchev–Trinajstić information content (AvgIpc) is 2.18. The van der Waals surface area contributed by atoms with Gasteiger partial charge in [-0.3, -0.25) is 0 Å². The van der Waals surface area contributed by atoms with E-state index in [0.717, 1.165) is 5.82 Å². The summed E-state index contributed by atoms with van der Waals surface area (Å²) in [6.45, 7) is 2.48. The molecule has 1 aromatic heterocycles. The maximum atomic E-state index is 6.00. The smallest absolute Gasteiger partial charge is 0.242 e. The summed E-state index contributed by atoms with van der Waals surface area (Å²) in [6.07, 6.45) is 5.22. The van der Waals surface area contributed by atoms with E-state index < -0.39 is 0 Å². The average molecular weight is 222 g/mol. The first-order valence-corrected chi connectivity index (χ1v) is 5.70. The minimum absolute atomic E-state index is 0.485. The first kappa shape index (κ1) is 11.0. The predicted molar refractivity (Wildman–Crippen MR) is 63.7 cm³/mol. The van der Waals surface area contributed by atoms with Gasteiger partial charge >= 0.3 is 0 Å². The number of rotatable bonds is 4. The third-order valence-corrected chi connectivity index (χ3v) is 3.06. The Morgan fingerprint density at radius 1 is 1.50 bits per heavy atom. The summed E-state index contributed by atoms with van der Waals surface area (Å²) < 4.78 is 5.36. The van der Waals surface area contributed by atoms with Crippen LogP contribution in [0.5, 0.6) is 5.88 Å². The first-order valence-electron chi connectivity index (χ1n) is 5.70. The van der Waals surface area contributed by atoms with Crippen LogP contribution in [-0.4, -0.2) is 29.7 Å². The molecular formula is C11H18N4O. The van der Waals surface area contributed by atoms with Gasteiger partial charge in [-0.25, -0.2) is 4.98 Å². The number of hydrogen-bond acceptors (Lipinski definition) is 5. The van der Waals surface area contributed by atoms with Gasteiger partial charge in [-0.2, -0.15) is 4.98 Å². The van der Waals surface area contributed by atoms with Crippen LogP contribution in [0.3, 0.4) is 0 Å². The Morgan fingerprint density at radius 3 is 2.81 bits per heavy atom. The van der Waals surface area contributed by atoms with Crippen LogP contribution in [0.2, 0.25) is 0 Å². The number of nitrogens with two attached hydrogens (primary N) is 1. The zero-order valence-electron chi connectivity index (χ0n) is 9.81. The lowest BCUT2D eigenvalue weighted by Crippen LogP contribution is -2.38. The third-order valence-electron chi connectivity index (χ3n) is 3.06. The molecule has 1 aliphatic carbocycles. The summed E-state index contributed by atoms with van der Waals surface area (Å²) in [5.74, 6) is 1.27. The predicted octanol–water partition coefficient (Wildman–Crippen LogP) is 1.45. The molecule has 0 amide bonds. The van der Waals surface area contributed by atoms with Crippen molar-refractivity contribution in [3.63, 3.8) is 0 Å². The molecular weight excluding hydrogens is 204 g/mol. The highest BCUT2D eigenvalue weighted by Gasteiger charge is 2.25. The summed E-state index contributed by atoms with van der Waals surface area (Å²) in [5.41, 5.74) is 6.54. The van der Waals surface area contributed by atoms with E-state index in [1.165, 1.54) is 25.6 Å². The summed E-state index contributed by atoms with van der Waals surface area (Å²) in [7, 11) is 2.03. The van der Waals surface area contributed by atoms with Gasteiger partial charge in [0.25, 0.3) is 0 Å². The maximum absolute atomic E-state index is 6.00. The van der Waals surface area contributed by atoms with Crippen LogP contribution in [0.15, 0.2) is 6.33 Å². The molecule has 0 aliphatic heterocycles. The van der Waals surface area contributed by atoms with E-state index in [4.69, 9.17) is 10.5 Å². The van der Waals surface area contributed by atoms with Gasteiger partial charge in [0.15, 0.2) is 5.82 Å². The Kier molecular flexibility index (Phi) is 3.12. The molecule has 1 saturated carbocycles. The molecule has 2 rings (SSSR count). The van der Waals surface area contributed by atoms with Crippen molar-refractivity contribution in [3.05, 3.63) is 6.33 Å². The van der Waals surface area contributed by atoms with Gasteiger partial charge in [0.05, 0.1) is 6.61 Å². The zero-order chi connectivity index (χ0) is 11.5. The highest BCUT2D eigenvalue weighted by Crippen LogP contribution is 2.33. The lowest BCUT2D eigenvalue weighted by molar-refractivity contribution is 0.327. The van der Waals surface area contributed by atoms with Crippen molar-refractivity contribution in [1.29, 1.82) is 0 Å². The minimum Gasteiger partial charge on any atom is -0.476 e. The van der Waals surface area contributed by atoms with Crippen LogP contribution in [0, 0.1) is 0 Å². The Balaban J connectivity index is 2.22. The van der Waals surface area contributed by atoms with Gasteiger partial charge in [0.2, 0.25) is 5.88 Å². The van der Waals surface area contributed by atoms with Crippen molar-refractivity contribution in [2.75, 3.05) is 24.3 Å². The monoisotopic (exact) mass is 222 g/mol. The maximum Gasteiger partial charge on any atom is 0.242 e. The topological polar surface area (TPSA) is 64.3 Å². The molecule has 2 N–H and O–H groups in total. The highest BCUT2D eigenvalue weighted by molar-refractivity contribution is 5.67. The normalized spacial score (nSPS) is 15.6. The Hall–Kier alpha value is -1.52. The van der Waals surface area contributed by atoms with Gasteiger partial charge in [0.1, 0.15) is 12.0 Å². The second-order valence-corrected chi connectivity index (χ2v) is 4.04. The molecule has 0 atom stereocenters. The summed E-state index contributed by atoms with van der Waals surface area (Å²) in [4.78, 5) is 10.4. The largest absolute Gasteiger partial charge is 0.476 e. The van der Waals surface area contributed by atoms with Crippen molar-refractivity contribution in [2.45, 2.75) is 32.2 Å². The molecule has 5 heteroatoms. The SMILES string of the molecule is CCOc1ncnc(N(C)C2CCC2)c1N. The van der Waals surface area contributed by atoms with E-state index in [0.29, 0.717) is 24.2 Å². The van der Waals surface area contributed by atoms with Crippen LogP contribution < -0.4 is 15.4 Å². The third kappa shape index (κ3) is 1.89. The van der Waals surface area contributed by atoms with Crippen LogP contribution in [0.1, 0.15) is 26.2 Å². The molecule has 5 nitrogen and oxygen atoms in total. The molecule has 1 fully saturated rings. The quantitative estimate of drug-likeness (QED) is 0.835. The second kappa shape index (κ2) is 4.55. The fourth-order valence-electron chi connectivity index (χ4n) is 1.85. The molecule has 1 aliphatic rings. The van der Waals surface area contributed by atoms with Crippen molar-refractivity contribution in [1.82, 2.24) is 9.97 Å². The molecule has 88 valence electrons. The lowest BCUT2D eigenvalue weighted by Gasteiger charge is -2.36. The minimum atomic E-state index is 0.485. The van der Waals surface area contributed by atoms with E-state index in [-0.39, 0.29) is 0 Å². The molecule has 16 heavy (non-hydrogen) atoms. The van der Waals surface area contributed by atoms with Gasteiger partial charge in [-0.15, -0.1) is 0 Å². The fraction of sp³-hybridized carbons (Fsp3) is 0.636. The standard InChI is InChI=1S/C11H18N4O/c1-3-16-11-9(12)10(13-7-14-11)15(2)8-5-4-6-8/h7-8H,3-6,12H2,1-2H3. The van der Waals surface area contributed by atoms with E-state index in [2.05, 4.69) is 14.9 Å². The van der Waals surface area contributed by atoms with Gasteiger partial charge < -0.3 is 15.4 Å². The number of anilines is 2. The number of ether oxygens (including phenoxy) is 1. The van der Waals surface area contributed by atoms with E-state index in [9.17, 15) is 0 Å². The van der Waals surface area contributed by atoms with Crippen molar-refractivity contribution in [2.24, 2.45) is 0 Å². The Morgan fingerprint density at radius 2 is 2.25 bits per heavy atom. The van der Waals surface area contributed by atoms with Gasteiger partial charge in [0, 0.05) is 13.1 Å². The van der Waals surface area contributed by atoms with Crippen LogP contribution in [0.25, 0.3) is 0 Å². The molecule has 1 heterocycles. The molecule has 0 spiro atoms. The second-order valence-electron chi connectivity index (χ2n) is 4.04. The Bertz CT molecular complexity index is 365. The van der Waals surface area contributed by atoms with Crippen molar-refractivity contribution >= 4 is 11.5 Å². The van der Waals surface area contributed by atoms with Crippen molar-refractivity contribution < 1.29 is 4.74 Å². The highest BCUT2D eigenvalue weighted by atomic mass is 16.5. The molecule has 0 bridgehead atoms. The van der Waals surface area contributed by atoms with E-state index in [1.54, 1.807) is 0 Å². The van der Waals surface area contributed by atoms with E-state index >= 15 is 0 Å². The summed E-state index contributed by atoms with van der Waals surface area (Å²) >= 11 is 0. The number of nitrogen functional groups attached to an aromatic ring is 1. The molecule has 0 radical (unpaired) electrons. The van der Waals surface area contributed by atoms with Gasteiger partial charge in [-0.05, 0) is 26.2 Å². The molecule has 0 saturated heterocycles. The number of aromatic nitrogens is 2. The van der Waals surface area contributed by atoms with Crippen LogP contribution in [-0.2, 0) is 0 Å². The Labute approximate surface area is 95.6 Å². The number of hydrogen-bond donors (Lipinski definition) is 1. The first-order chi connectivity index (χ1) is 7.74. The number of nitrogens with zero attached hydrogens (tertiary/aromatic N) is 3. The van der Waals surface area contributed by atoms with Crippen LogP contribution >= 0.6 is 0 Å². The molecule has 0 aromatic carbocycles. The zero-order valence-corrected chi connectivity index (χ0v) is 9.81. The molecule has 0 unspecified atom stereocenters. The molecule has 1 aromatic rings. The summed E-state index contributed by atoms with van der Waals surface area (Å²) in [5, 5.41) is 0. The van der Waals surface area contributed by atoms with Crippen LogP contribution in [0.4, 0.5) is 11.5 Å².